The van der Waals surface area contributed by atoms with Gasteiger partial charge in [-0.2, -0.15) is 5.10 Å². The predicted molar refractivity (Wildman–Crippen MR) is 93.3 cm³/mol. The SMILES string of the molecule is CCOc1ccc(Cl)cc1/C=N\NC(=O)CNc1ccccc1. The number of para-hydroxylation sites is 1. The molecule has 0 unspecified atom stereocenters. The van der Waals surface area contributed by atoms with Crippen molar-refractivity contribution in [2.75, 3.05) is 18.5 Å². The second-order valence-electron chi connectivity index (χ2n) is 4.63. The van der Waals surface area contributed by atoms with Crippen molar-refractivity contribution in [3.63, 3.8) is 0 Å². The lowest BCUT2D eigenvalue weighted by Gasteiger charge is -2.07. The third-order valence-electron chi connectivity index (χ3n) is 2.89. The third kappa shape index (κ3) is 5.64. The number of nitrogens with zero attached hydrogens (tertiary/aromatic N) is 1. The van der Waals surface area contributed by atoms with Gasteiger partial charge in [-0.3, -0.25) is 4.79 Å². The first-order valence-electron chi connectivity index (χ1n) is 7.22. The van der Waals surface area contributed by atoms with Crippen molar-refractivity contribution in [3.8, 4) is 5.75 Å². The van der Waals surface area contributed by atoms with Crippen molar-refractivity contribution in [1.29, 1.82) is 0 Å². The fourth-order valence-corrected chi connectivity index (χ4v) is 2.04. The van der Waals surface area contributed by atoms with Gasteiger partial charge in [0.1, 0.15) is 5.75 Å². The Bertz CT molecular complexity index is 675. The highest BCUT2D eigenvalue weighted by molar-refractivity contribution is 6.30. The summed E-state index contributed by atoms with van der Waals surface area (Å²) < 4.78 is 5.48. The molecular weight excluding hydrogens is 314 g/mol. The molecule has 0 radical (unpaired) electrons. The predicted octanol–water partition coefficient (Wildman–Crippen LogP) is 3.30. The Labute approximate surface area is 140 Å². The van der Waals surface area contributed by atoms with E-state index in [1.807, 2.05) is 37.3 Å². The van der Waals surface area contributed by atoms with Crippen molar-refractivity contribution in [2.24, 2.45) is 5.10 Å². The van der Waals surface area contributed by atoms with E-state index in [2.05, 4.69) is 15.8 Å². The summed E-state index contributed by atoms with van der Waals surface area (Å²) in [6, 6.07) is 14.7. The van der Waals surface area contributed by atoms with Gasteiger partial charge in [0.2, 0.25) is 0 Å². The summed E-state index contributed by atoms with van der Waals surface area (Å²) in [7, 11) is 0. The Morgan fingerprint density at radius 1 is 1.26 bits per heavy atom. The van der Waals surface area contributed by atoms with E-state index in [0.717, 1.165) is 5.69 Å². The van der Waals surface area contributed by atoms with E-state index >= 15 is 0 Å². The first-order chi connectivity index (χ1) is 11.2. The van der Waals surface area contributed by atoms with Crippen LogP contribution in [0.25, 0.3) is 0 Å². The maximum absolute atomic E-state index is 11.7. The van der Waals surface area contributed by atoms with E-state index in [1.54, 1.807) is 18.2 Å². The summed E-state index contributed by atoms with van der Waals surface area (Å²) in [5, 5.41) is 7.51. The van der Waals surface area contributed by atoms with Crippen LogP contribution in [0.2, 0.25) is 5.02 Å². The van der Waals surface area contributed by atoms with Crippen LogP contribution < -0.4 is 15.5 Å². The number of benzene rings is 2. The molecule has 0 aliphatic rings. The molecule has 6 heteroatoms. The molecular formula is C17H18ClN3O2. The molecule has 0 bridgehead atoms. The summed E-state index contributed by atoms with van der Waals surface area (Å²) >= 11 is 5.96. The number of rotatable bonds is 7. The Morgan fingerprint density at radius 2 is 2.04 bits per heavy atom. The molecule has 0 aliphatic carbocycles. The molecule has 2 aromatic rings. The average Bonchev–Trinajstić information content (AvgIpc) is 2.56. The summed E-state index contributed by atoms with van der Waals surface area (Å²) in [6.45, 7) is 2.57. The van der Waals surface area contributed by atoms with Crippen LogP contribution in [0.3, 0.4) is 0 Å². The number of halogens is 1. The molecule has 23 heavy (non-hydrogen) atoms. The van der Waals surface area contributed by atoms with E-state index in [4.69, 9.17) is 16.3 Å². The van der Waals surface area contributed by atoms with E-state index in [9.17, 15) is 4.79 Å². The van der Waals surface area contributed by atoms with Gasteiger partial charge >= 0.3 is 0 Å². The van der Waals surface area contributed by atoms with Crippen molar-refractivity contribution in [1.82, 2.24) is 5.43 Å². The van der Waals surface area contributed by atoms with Gasteiger partial charge in [0.15, 0.2) is 0 Å². The Balaban J connectivity index is 1.88. The highest BCUT2D eigenvalue weighted by atomic mass is 35.5. The first kappa shape index (κ1) is 16.8. The van der Waals surface area contributed by atoms with Gasteiger partial charge in [0.25, 0.3) is 5.91 Å². The Morgan fingerprint density at radius 3 is 2.78 bits per heavy atom. The van der Waals surface area contributed by atoms with Gasteiger partial charge in [-0.1, -0.05) is 29.8 Å². The number of ether oxygens (including phenoxy) is 1. The molecule has 0 saturated heterocycles. The fourth-order valence-electron chi connectivity index (χ4n) is 1.86. The second kappa shape index (κ2) is 8.80. The standard InChI is InChI=1S/C17H18ClN3O2/c1-2-23-16-9-8-14(18)10-13(16)11-20-21-17(22)12-19-15-6-4-3-5-7-15/h3-11,19H,2,12H2,1H3,(H,21,22)/b20-11-. The number of carbonyl (C=O) groups is 1. The fraction of sp³-hybridized carbons (Fsp3) is 0.176. The quantitative estimate of drug-likeness (QED) is 0.604. The average molecular weight is 332 g/mol. The molecule has 0 saturated carbocycles. The molecule has 0 aliphatic heterocycles. The summed E-state index contributed by atoms with van der Waals surface area (Å²) in [5.74, 6) is 0.419. The normalized spacial score (nSPS) is 10.5. The molecule has 1 amide bonds. The summed E-state index contributed by atoms with van der Waals surface area (Å²) in [5.41, 5.74) is 4.04. The van der Waals surface area contributed by atoms with Crippen LogP contribution in [0.5, 0.6) is 5.75 Å². The van der Waals surface area contributed by atoms with E-state index in [0.29, 0.717) is 22.9 Å². The second-order valence-corrected chi connectivity index (χ2v) is 5.06. The number of anilines is 1. The van der Waals surface area contributed by atoms with Crippen LogP contribution in [0, 0.1) is 0 Å². The maximum Gasteiger partial charge on any atom is 0.259 e. The monoisotopic (exact) mass is 331 g/mol. The molecule has 5 nitrogen and oxygen atoms in total. The highest BCUT2D eigenvalue weighted by Crippen LogP contribution is 2.21. The largest absolute Gasteiger partial charge is 0.493 e. The van der Waals surface area contributed by atoms with Gasteiger partial charge in [-0.15, -0.1) is 0 Å². The van der Waals surface area contributed by atoms with Crippen LogP contribution in [-0.2, 0) is 4.79 Å². The third-order valence-corrected chi connectivity index (χ3v) is 3.13. The number of carbonyl (C=O) groups excluding carboxylic acids is 1. The summed E-state index contributed by atoms with van der Waals surface area (Å²) in [6.07, 6.45) is 1.51. The van der Waals surface area contributed by atoms with Crippen molar-refractivity contribution in [2.45, 2.75) is 6.92 Å². The molecule has 0 fully saturated rings. The molecule has 0 atom stereocenters. The molecule has 2 N–H and O–H groups in total. The molecule has 120 valence electrons. The van der Waals surface area contributed by atoms with Crippen LogP contribution >= 0.6 is 11.6 Å². The minimum Gasteiger partial charge on any atom is -0.493 e. The van der Waals surface area contributed by atoms with Gasteiger partial charge in [0, 0.05) is 16.3 Å². The lowest BCUT2D eigenvalue weighted by atomic mass is 10.2. The number of nitrogens with one attached hydrogen (secondary N) is 2. The van der Waals surface area contributed by atoms with Gasteiger partial charge in [-0.05, 0) is 37.3 Å². The highest BCUT2D eigenvalue weighted by Gasteiger charge is 2.03. The smallest absolute Gasteiger partial charge is 0.259 e. The zero-order valence-electron chi connectivity index (χ0n) is 12.8. The zero-order chi connectivity index (χ0) is 16.5. The minimum atomic E-state index is -0.245. The van der Waals surface area contributed by atoms with Gasteiger partial charge in [0.05, 0.1) is 19.4 Å². The number of hydrogen-bond acceptors (Lipinski definition) is 4. The molecule has 2 rings (SSSR count). The lowest BCUT2D eigenvalue weighted by molar-refractivity contribution is -0.119. The van der Waals surface area contributed by atoms with Crippen LogP contribution in [0.15, 0.2) is 53.6 Å². The number of amides is 1. The van der Waals surface area contributed by atoms with Gasteiger partial charge < -0.3 is 10.1 Å². The first-order valence-corrected chi connectivity index (χ1v) is 7.60. The molecule has 2 aromatic carbocycles. The number of hydrogen-bond donors (Lipinski definition) is 2. The molecule has 0 aromatic heterocycles. The molecule has 0 spiro atoms. The minimum absolute atomic E-state index is 0.134. The van der Waals surface area contributed by atoms with Crippen molar-refractivity contribution >= 4 is 29.4 Å². The van der Waals surface area contributed by atoms with E-state index in [1.165, 1.54) is 6.21 Å². The summed E-state index contributed by atoms with van der Waals surface area (Å²) in [4.78, 5) is 11.7. The number of hydrazone groups is 1. The van der Waals surface area contributed by atoms with Crippen molar-refractivity contribution in [3.05, 3.63) is 59.1 Å². The van der Waals surface area contributed by atoms with Crippen LogP contribution in [0.4, 0.5) is 5.69 Å². The van der Waals surface area contributed by atoms with Gasteiger partial charge in [-0.25, -0.2) is 5.43 Å². The maximum atomic E-state index is 11.7. The topological polar surface area (TPSA) is 62.7 Å². The van der Waals surface area contributed by atoms with Crippen molar-refractivity contribution < 1.29 is 9.53 Å². The zero-order valence-corrected chi connectivity index (χ0v) is 13.5. The van der Waals surface area contributed by atoms with E-state index in [-0.39, 0.29) is 12.5 Å². The van der Waals surface area contributed by atoms with Crippen LogP contribution in [0.1, 0.15) is 12.5 Å². The lowest BCUT2D eigenvalue weighted by Crippen LogP contribution is -2.25. The Hall–Kier alpha value is -2.53. The Kier molecular flexibility index (Phi) is 6.44. The van der Waals surface area contributed by atoms with Crippen LogP contribution in [-0.4, -0.2) is 25.3 Å². The molecule has 0 heterocycles. The van der Waals surface area contributed by atoms with E-state index < -0.39 is 0 Å².